The van der Waals surface area contributed by atoms with Crippen molar-refractivity contribution in [3.63, 3.8) is 0 Å². The molecule has 90 valence electrons. The average molecular weight is 258 g/mol. The molecule has 18 heavy (non-hydrogen) atoms. The molecule has 0 atom stereocenters. The molecule has 0 aromatic heterocycles. The number of hydrogen-bond donors (Lipinski definition) is 2. The smallest absolute Gasteiger partial charge is 0.101 e. The zero-order chi connectivity index (χ0) is 13.1. The lowest BCUT2D eigenvalue weighted by Crippen LogP contribution is -1.97. The van der Waals surface area contributed by atoms with Crippen LogP contribution in [0.1, 0.15) is 11.1 Å². The highest BCUT2D eigenvalue weighted by Crippen LogP contribution is 2.26. The third-order valence-electron chi connectivity index (χ3n) is 2.62. The van der Waals surface area contributed by atoms with E-state index in [0.29, 0.717) is 16.3 Å². The normalized spacial score (nSPS) is 9.83. The van der Waals surface area contributed by atoms with Crippen LogP contribution < -0.4 is 11.1 Å². The van der Waals surface area contributed by atoms with Gasteiger partial charge in [-0.2, -0.15) is 5.26 Å². The summed E-state index contributed by atoms with van der Waals surface area (Å²) in [7, 11) is 0. The number of nitrogens with one attached hydrogen (secondary N) is 1. The van der Waals surface area contributed by atoms with Gasteiger partial charge in [0.05, 0.1) is 11.3 Å². The van der Waals surface area contributed by atoms with Crippen LogP contribution in [0.2, 0.25) is 5.02 Å². The first kappa shape index (κ1) is 12.3. The highest BCUT2D eigenvalue weighted by molar-refractivity contribution is 6.30. The topological polar surface area (TPSA) is 61.8 Å². The number of halogens is 1. The number of anilines is 3. The lowest BCUT2D eigenvalue weighted by molar-refractivity contribution is 1.41. The summed E-state index contributed by atoms with van der Waals surface area (Å²) in [6.07, 6.45) is 0. The van der Waals surface area contributed by atoms with Crippen LogP contribution in [0.25, 0.3) is 0 Å². The van der Waals surface area contributed by atoms with Crippen LogP contribution in [0.5, 0.6) is 0 Å². The summed E-state index contributed by atoms with van der Waals surface area (Å²) in [5.74, 6) is 0. The summed E-state index contributed by atoms with van der Waals surface area (Å²) in [5.41, 5.74) is 9.41. The van der Waals surface area contributed by atoms with E-state index >= 15 is 0 Å². The molecule has 3 nitrogen and oxygen atoms in total. The Morgan fingerprint density at radius 3 is 2.56 bits per heavy atom. The van der Waals surface area contributed by atoms with E-state index in [1.807, 2.05) is 19.1 Å². The number of nitriles is 1. The summed E-state index contributed by atoms with van der Waals surface area (Å²) in [6, 6.07) is 12.9. The van der Waals surface area contributed by atoms with Gasteiger partial charge in [-0.1, -0.05) is 11.6 Å². The highest BCUT2D eigenvalue weighted by atomic mass is 35.5. The van der Waals surface area contributed by atoms with Gasteiger partial charge in [-0.05, 0) is 48.9 Å². The van der Waals surface area contributed by atoms with Gasteiger partial charge >= 0.3 is 0 Å². The van der Waals surface area contributed by atoms with Gasteiger partial charge < -0.3 is 11.1 Å². The SMILES string of the molecule is Cc1cc(Cl)ccc1Nc1ccc(N)cc1C#N. The Balaban J connectivity index is 2.37. The molecular formula is C14H12ClN3. The fraction of sp³-hybridized carbons (Fsp3) is 0.0714. The van der Waals surface area contributed by atoms with Gasteiger partial charge in [-0.3, -0.25) is 0 Å². The largest absolute Gasteiger partial charge is 0.399 e. The van der Waals surface area contributed by atoms with E-state index in [0.717, 1.165) is 16.9 Å². The van der Waals surface area contributed by atoms with Gasteiger partial charge in [0.25, 0.3) is 0 Å². The lowest BCUT2D eigenvalue weighted by Gasteiger charge is -2.11. The molecule has 0 amide bonds. The van der Waals surface area contributed by atoms with Crippen molar-refractivity contribution in [2.24, 2.45) is 0 Å². The van der Waals surface area contributed by atoms with Crippen molar-refractivity contribution < 1.29 is 0 Å². The Labute approximate surface area is 111 Å². The van der Waals surface area contributed by atoms with Gasteiger partial charge in [-0.15, -0.1) is 0 Å². The van der Waals surface area contributed by atoms with Crippen LogP contribution >= 0.6 is 11.6 Å². The fourth-order valence-corrected chi connectivity index (χ4v) is 1.90. The maximum absolute atomic E-state index is 9.07. The van der Waals surface area contributed by atoms with E-state index in [-0.39, 0.29) is 0 Å². The van der Waals surface area contributed by atoms with E-state index in [4.69, 9.17) is 22.6 Å². The van der Waals surface area contributed by atoms with Crippen LogP contribution in [0.3, 0.4) is 0 Å². The Morgan fingerprint density at radius 1 is 1.17 bits per heavy atom. The van der Waals surface area contributed by atoms with Gasteiger partial charge in [0.15, 0.2) is 0 Å². The van der Waals surface area contributed by atoms with Crippen molar-refractivity contribution in [2.45, 2.75) is 6.92 Å². The van der Waals surface area contributed by atoms with Crippen molar-refractivity contribution in [2.75, 3.05) is 11.1 Å². The van der Waals surface area contributed by atoms with Gasteiger partial charge in [0, 0.05) is 16.4 Å². The molecule has 2 rings (SSSR count). The van der Waals surface area contributed by atoms with Crippen LogP contribution in [0.4, 0.5) is 17.1 Å². The second kappa shape index (κ2) is 4.99. The quantitative estimate of drug-likeness (QED) is 0.804. The first-order chi connectivity index (χ1) is 8.60. The fourth-order valence-electron chi connectivity index (χ4n) is 1.68. The molecule has 0 bridgehead atoms. The van der Waals surface area contributed by atoms with Crippen LogP contribution in [-0.2, 0) is 0 Å². The second-order valence-electron chi connectivity index (χ2n) is 4.00. The number of nitrogen functional groups attached to an aromatic ring is 1. The standard InChI is InChI=1S/C14H12ClN3/c1-9-6-11(15)2-4-13(9)18-14-5-3-12(17)7-10(14)8-16/h2-7,18H,17H2,1H3. The Morgan fingerprint density at radius 2 is 1.89 bits per heavy atom. The number of hydrogen-bond acceptors (Lipinski definition) is 3. The minimum Gasteiger partial charge on any atom is -0.399 e. The maximum atomic E-state index is 9.07. The first-order valence-corrected chi connectivity index (χ1v) is 5.81. The van der Waals surface area contributed by atoms with Crippen LogP contribution in [-0.4, -0.2) is 0 Å². The lowest BCUT2D eigenvalue weighted by atomic mass is 10.1. The van der Waals surface area contributed by atoms with Gasteiger partial charge in [0.2, 0.25) is 0 Å². The molecule has 0 radical (unpaired) electrons. The summed E-state index contributed by atoms with van der Waals surface area (Å²) in [5, 5.41) is 13.0. The third-order valence-corrected chi connectivity index (χ3v) is 2.86. The molecule has 0 fully saturated rings. The molecule has 3 N–H and O–H groups in total. The molecule has 0 saturated heterocycles. The van der Waals surface area contributed by atoms with Crippen molar-refractivity contribution in [1.29, 1.82) is 5.26 Å². The number of benzene rings is 2. The van der Waals surface area contributed by atoms with E-state index in [2.05, 4.69) is 11.4 Å². The van der Waals surface area contributed by atoms with Crippen molar-refractivity contribution in [3.8, 4) is 6.07 Å². The molecule has 2 aromatic carbocycles. The Hall–Kier alpha value is -2.18. The summed E-state index contributed by atoms with van der Waals surface area (Å²) < 4.78 is 0. The molecule has 0 aliphatic heterocycles. The predicted octanol–water partition coefficient (Wildman–Crippen LogP) is 3.85. The van der Waals surface area contributed by atoms with E-state index in [1.54, 1.807) is 24.3 Å². The highest BCUT2D eigenvalue weighted by Gasteiger charge is 2.05. The zero-order valence-electron chi connectivity index (χ0n) is 9.87. The average Bonchev–Trinajstić information content (AvgIpc) is 2.34. The minimum absolute atomic E-state index is 0.518. The number of rotatable bonds is 2. The second-order valence-corrected chi connectivity index (χ2v) is 4.44. The summed E-state index contributed by atoms with van der Waals surface area (Å²) >= 11 is 5.90. The van der Waals surface area contributed by atoms with Gasteiger partial charge in [0.1, 0.15) is 6.07 Å². The van der Waals surface area contributed by atoms with E-state index in [9.17, 15) is 0 Å². The van der Waals surface area contributed by atoms with Crippen molar-refractivity contribution >= 4 is 28.7 Å². The molecule has 0 heterocycles. The molecule has 0 saturated carbocycles. The molecule has 0 spiro atoms. The monoisotopic (exact) mass is 257 g/mol. The molecule has 2 aromatic rings. The zero-order valence-corrected chi connectivity index (χ0v) is 10.6. The Kier molecular flexibility index (Phi) is 3.40. The predicted molar refractivity (Wildman–Crippen MR) is 75.0 cm³/mol. The van der Waals surface area contributed by atoms with Gasteiger partial charge in [-0.25, -0.2) is 0 Å². The van der Waals surface area contributed by atoms with Crippen LogP contribution in [0.15, 0.2) is 36.4 Å². The Bertz CT molecular complexity index is 629. The van der Waals surface area contributed by atoms with Crippen molar-refractivity contribution in [3.05, 3.63) is 52.5 Å². The molecule has 0 unspecified atom stereocenters. The van der Waals surface area contributed by atoms with Crippen molar-refractivity contribution in [1.82, 2.24) is 0 Å². The molecule has 4 heteroatoms. The summed E-state index contributed by atoms with van der Waals surface area (Å²) in [6.45, 7) is 1.96. The molecule has 0 aliphatic rings. The summed E-state index contributed by atoms with van der Waals surface area (Å²) in [4.78, 5) is 0. The van der Waals surface area contributed by atoms with E-state index in [1.165, 1.54) is 0 Å². The van der Waals surface area contributed by atoms with E-state index < -0.39 is 0 Å². The number of nitrogens with zero attached hydrogens (tertiary/aromatic N) is 1. The van der Waals surface area contributed by atoms with Crippen LogP contribution in [0, 0.1) is 18.3 Å². The number of nitrogens with two attached hydrogens (primary N) is 1. The maximum Gasteiger partial charge on any atom is 0.101 e. The molecular weight excluding hydrogens is 246 g/mol. The molecule has 0 aliphatic carbocycles. The minimum atomic E-state index is 0.518. The first-order valence-electron chi connectivity index (χ1n) is 5.43. The number of aryl methyl sites for hydroxylation is 1. The third kappa shape index (κ3) is 2.55.